The van der Waals surface area contributed by atoms with Crippen LogP contribution in [-0.4, -0.2) is 54.9 Å². The standard InChI is InChI=1S/C11H18BrN5O2S/c1-9(2)15-20(18,19)17-5-3-16(4-6-17)11-13-7-10(12)8-14-11/h7-9,15H,3-6H2,1-2H3. The van der Waals surface area contributed by atoms with Crippen LogP contribution in [0.15, 0.2) is 16.9 Å². The molecule has 0 spiro atoms. The summed E-state index contributed by atoms with van der Waals surface area (Å²) >= 11 is 3.29. The number of nitrogens with zero attached hydrogens (tertiary/aromatic N) is 4. The van der Waals surface area contributed by atoms with Crippen molar-refractivity contribution in [2.45, 2.75) is 19.9 Å². The number of aromatic nitrogens is 2. The molecule has 2 heterocycles. The molecule has 0 atom stereocenters. The molecule has 0 amide bonds. The Hall–Kier alpha value is -0.770. The lowest BCUT2D eigenvalue weighted by Crippen LogP contribution is -2.53. The van der Waals surface area contributed by atoms with Crippen LogP contribution in [0.4, 0.5) is 5.95 Å². The van der Waals surface area contributed by atoms with Gasteiger partial charge in [-0.1, -0.05) is 0 Å². The molecule has 0 saturated carbocycles. The maximum atomic E-state index is 12.0. The summed E-state index contributed by atoms with van der Waals surface area (Å²) in [6.45, 7) is 5.65. The fraction of sp³-hybridized carbons (Fsp3) is 0.636. The fourth-order valence-electron chi connectivity index (χ4n) is 1.97. The molecule has 112 valence electrons. The zero-order valence-electron chi connectivity index (χ0n) is 11.5. The van der Waals surface area contributed by atoms with E-state index in [-0.39, 0.29) is 6.04 Å². The minimum absolute atomic E-state index is 0.104. The van der Waals surface area contributed by atoms with E-state index in [1.165, 1.54) is 4.31 Å². The summed E-state index contributed by atoms with van der Waals surface area (Å²) in [5.41, 5.74) is 0. The zero-order valence-corrected chi connectivity index (χ0v) is 13.9. The predicted molar refractivity (Wildman–Crippen MR) is 80.7 cm³/mol. The predicted octanol–water partition coefficient (Wildman–Crippen LogP) is 0.604. The number of anilines is 1. The summed E-state index contributed by atoms with van der Waals surface area (Å²) in [5, 5.41) is 0. The van der Waals surface area contributed by atoms with E-state index in [1.54, 1.807) is 12.4 Å². The number of nitrogens with one attached hydrogen (secondary N) is 1. The fourth-order valence-corrected chi connectivity index (χ4v) is 3.56. The van der Waals surface area contributed by atoms with Gasteiger partial charge in [0.1, 0.15) is 0 Å². The maximum absolute atomic E-state index is 12.0. The molecular formula is C11H18BrN5O2S. The Bertz CT molecular complexity index is 540. The van der Waals surface area contributed by atoms with Crippen molar-refractivity contribution >= 4 is 32.1 Å². The number of rotatable bonds is 4. The van der Waals surface area contributed by atoms with E-state index in [2.05, 4.69) is 30.6 Å². The second-order valence-corrected chi connectivity index (χ2v) is 7.48. The molecule has 9 heteroatoms. The third-order valence-corrected chi connectivity index (χ3v) is 5.08. The van der Waals surface area contributed by atoms with Gasteiger partial charge in [-0.05, 0) is 29.8 Å². The van der Waals surface area contributed by atoms with E-state index in [0.29, 0.717) is 32.1 Å². The largest absolute Gasteiger partial charge is 0.338 e. The van der Waals surface area contributed by atoms with Gasteiger partial charge in [0.25, 0.3) is 10.2 Å². The second kappa shape index (κ2) is 6.33. The second-order valence-electron chi connectivity index (χ2n) is 4.86. The van der Waals surface area contributed by atoms with Crippen molar-refractivity contribution in [3.05, 3.63) is 16.9 Å². The molecule has 1 aliphatic heterocycles. The molecule has 7 nitrogen and oxygen atoms in total. The first kappa shape index (κ1) is 15.6. The Morgan fingerprint density at radius 1 is 1.20 bits per heavy atom. The van der Waals surface area contributed by atoms with E-state index < -0.39 is 10.2 Å². The number of piperazine rings is 1. The average Bonchev–Trinajstić information content (AvgIpc) is 2.38. The monoisotopic (exact) mass is 363 g/mol. The Morgan fingerprint density at radius 3 is 2.25 bits per heavy atom. The van der Waals surface area contributed by atoms with Crippen molar-refractivity contribution in [3.8, 4) is 0 Å². The van der Waals surface area contributed by atoms with Gasteiger partial charge >= 0.3 is 0 Å². The zero-order chi connectivity index (χ0) is 14.8. The van der Waals surface area contributed by atoms with Crippen LogP contribution in [0.25, 0.3) is 0 Å². The number of hydrogen-bond acceptors (Lipinski definition) is 5. The van der Waals surface area contributed by atoms with Crippen LogP contribution in [-0.2, 0) is 10.2 Å². The van der Waals surface area contributed by atoms with Crippen LogP contribution >= 0.6 is 15.9 Å². The summed E-state index contributed by atoms with van der Waals surface area (Å²) in [6, 6.07) is -0.104. The Morgan fingerprint density at radius 2 is 1.75 bits per heavy atom. The Kier molecular flexibility index (Phi) is 4.95. The molecule has 0 aliphatic carbocycles. The van der Waals surface area contributed by atoms with Gasteiger partial charge in [0, 0.05) is 44.6 Å². The van der Waals surface area contributed by atoms with Gasteiger partial charge in [-0.15, -0.1) is 0 Å². The molecule has 1 aromatic heterocycles. The van der Waals surface area contributed by atoms with Gasteiger partial charge in [-0.2, -0.15) is 17.4 Å². The van der Waals surface area contributed by atoms with Crippen LogP contribution < -0.4 is 9.62 Å². The Labute approximate surface area is 127 Å². The third-order valence-electron chi connectivity index (χ3n) is 2.85. The summed E-state index contributed by atoms with van der Waals surface area (Å²) in [7, 11) is -3.39. The van der Waals surface area contributed by atoms with Crippen LogP contribution in [0.5, 0.6) is 0 Å². The molecular weight excluding hydrogens is 346 g/mol. The average molecular weight is 364 g/mol. The normalized spacial score (nSPS) is 17.7. The number of halogens is 1. The number of hydrogen-bond donors (Lipinski definition) is 1. The van der Waals surface area contributed by atoms with E-state index >= 15 is 0 Å². The van der Waals surface area contributed by atoms with Crippen molar-refractivity contribution in [3.63, 3.8) is 0 Å². The Balaban J connectivity index is 1.97. The first-order valence-corrected chi connectivity index (χ1v) is 8.61. The topological polar surface area (TPSA) is 78.4 Å². The van der Waals surface area contributed by atoms with Gasteiger partial charge in [0.15, 0.2) is 0 Å². The van der Waals surface area contributed by atoms with E-state index in [0.717, 1.165) is 4.47 Å². The highest BCUT2D eigenvalue weighted by atomic mass is 79.9. The molecule has 1 aromatic rings. The van der Waals surface area contributed by atoms with Gasteiger partial charge in [0.05, 0.1) is 4.47 Å². The third kappa shape index (κ3) is 3.87. The van der Waals surface area contributed by atoms with Crippen LogP contribution in [0, 0.1) is 0 Å². The van der Waals surface area contributed by atoms with Crippen molar-refractivity contribution in [1.82, 2.24) is 19.0 Å². The van der Waals surface area contributed by atoms with Crippen LogP contribution in [0.1, 0.15) is 13.8 Å². The minimum atomic E-state index is -3.39. The van der Waals surface area contributed by atoms with Gasteiger partial charge in [-0.3, -0.25) is 0 Å². The van der Waals surface area contributed by atoms with Crippen molar-refractivity contribution < 1.29 is 8.42 Å². The van der Waals surface area contributed by atoms with Crippen LogP contribution in [0.2, 0.25) is 0 Å². The lowest BCUT2D eigenvalue weighted by molar-refractivity contribution is 0.373. The van der Waals surface area contributed by atoms with Crippen molar-refractivity contribution in [1.29, 1.82) is 0 Å². The lowest BCUT2D eigenvalue weighted by Gasteiger charge is -2.34. The van der Waals surface area contributed by atoms with E-state index in [1.807, 2.05) is 18.7 Å². The van der Waals surface area contributed by atoms with Gasteiger partial charge in [-0.25, -0.2) is 9.97 Å². The molecule has 20 heavy (non-hydrogen) atoms. The molecule has 1 aliphatic rings. The lowest BCUT2D eigenvalue weighted by atomic mass is 10.4. The highest BCUT2D eigenvalue weighted by Crippen LogP contribution is 2.14. The molecule has 0 radical (unpaired) electrons. The summed E-state index contributed by atoms with van der Waals surface area (Å²) < 4.78 is 29.0. The smallest absolute Gasteiger partial charge is 0.279 e. The molecule has 0 aromatic carbocycles. The van der Waals surface area contributed by atoms with E-state index in [4.69, 9.17) is 0 Å². The quantitative estimate of drug-likeness (QED) is 0.847. The van der Waals surface area contributed by atoms with Crippen molar-refractivity contribution in [2.75, 3.05) is 31.1 Å². The molecule has 2 rings (SSSR count). The van der Waals surface area contributed by atoms with E-state index in [9.17, 15) is 8.42 Å². The maximum Gasteiger partial charge on any atom is 0.279 e. The molecule has 1 fully saturated rings. The van der Waals surface area contributed by atoms with Crippen LogP contribution in [0.3, 0.4) is 0 Å². The minimum Gasteiger partial charge on any atom is -0.338 e. The van der Waals surface area contributed by atoms with Gasteiger partial charge < -0.3 is 4.90 Å². The summed E-state index contributed by atoms with van der Waals surface area (Å²) in [4.78, 5) is 10.4. The first-order valence-electron chi connectivity index (χ1n) is 6.38. The highest BCUT2D eigenvalue weighted by Gasteiger charge is 2.28. The molecule has 0 unspecified atom stereocenters. The summed E-state index contributed by atoms with van der Waals surface area (Å²) in [6.07, 6.45) is 3.37. The highest BCUT2D eigenvalue weighted by molar-refractivity contribution is 9.10. The first-order chi connectivity index (χ1) is 9.38. The molecule has 0 bridgehead atoms. The van der Waals surface area contributed by atoms with Gasteiger partial charge in [0.2, 0.25) is 5.95 Å². The SMILES string of the molecule is CC(C)NS(=O)(=O)N1CCN(c2ncc(Br)cn2)CC1. The molecule has 1 N–H and O–H groups in total. The summed E-state index contributed by atoms with van der Waals surface area (Å²) in [5.74, 6) is 0.627. The molecule has 1 saturated heterocycles. The van der Waals surface area contributed by atoms with Crippen molar-refractivity contribution in [2.24, 2.45) is 0 Å².